The maximum Gasteiger partial charge on any atom is 0.225 e. The molecule has 6 nitrogen and oxygen atoms in total. The Bertz CT molecular complexity index is 1120. The van der Waals surface area contributed by atoms with Gasteiger partial charge >= 0.3 is 0 Å². The molecule has 1 heterocycles. The van der Waals surface area contributed by atoms with Crippen molar-refractivity contribution in [3.8, 4) is 5.75 Å². The Morgan fingerprint density at radius 1 is 1.10 bits per heavy atom. The molecule has 0 saturated heterocycles. The minimum Gasteiger partial charge on any atom is -0.486 e. The quantitative estimate of drug-likeness (QED) is 0.532. The average Bonchev–Trinajstić information content (AvgIpc) is 3.14. The first-order chi connectivity index (χ1) is 14.3. The number of thiazole rings is 1. The lowest BCUT2D eigenvalue weighted by molar-refractivity contribution is -0.115. The molecule has 0 aliphatic rings. The number of nitrogens with one attached hydrogen (secondary N) is 1. The van der Waals surface area contributed by atoms with Crippen LogP contribution in [0, 0.1) is 11.6 Å². The van der Waals surface area contributed by atoms with E-state index in [9.17, 15) is 22.0 Å². The highest BCUT2D eigenvalue weighted by Crippen LogP contribution is 2.18. The van der Waals surface area contributed by atoms with Gasteiger partial charge in [0.15, 0.2) is 9.84 Å². The molecular weight excluding hydrogens is 434 g/mol. The summed E-state index contributed by atoms with van der Waals surface area (Å²) in [7, 11) is -3.58. The van der Waals surface area contributed by atoms with Crippen molar-refractivity contribution < 1.29 is 26.7 Å². The van der Waals surface area contributed by atoms with Gasteiger partial charge in [-0.3, -0.25) is 4.79 Å². The number of benzene rings is 2. The fourth-order valence-electron chi connectivity index (χ4n) is 2.48. The minimum atomic E-state index is -3.58. The van der Waals surface area contributed by atoms with Crippen LogP contribution >= 0.6 is 11.3 Å². The number of anilines is 1. The Morgan fingerprint density at radius 2 is 1.83 bits per heavy atom. The lowest BCUT2D eigenvalue weighted by Crippen LogP contribution is -2.19. The predicted molar refractivity (Wildman–Crippen MR) is 110 cm³/mol. The van der Waals surface area contributed by atoms with Gasteiger partial charge in [0.05, 0.1) is 22.9 Å². The number of ether oxygens (including phenoxy) is 1. The molecule has 0 saturated carbocycles. The molecule has 1 N–H and O–H groups in total. The first kappa shape index (κ1) is 21.8. The van der Waals surface area contributed by atoms with Gasteiger partial charge < -0.3 is 10.1 Å². The van der Waals surface area contributed by atoms with E-state index in [-0.39, 0.29) is 36.0 Å². The monoisotopic (exact) mass is 452 g/mol. The molecule has 0 atom stereocenters. The van der Waals surface area contributed by atoms with Crippen LogP contribution in [0.1, 0.15) is 17.1 Å². The average molecular weight is 453 g/mol. The first-order valence-corrected chi connectivity index (χ1v) is 11.6. The molecule has 0 radical (unpaired) electrons. The van der Waals surface area contributed by atoms with E-state index < -0.39 is 21.6 Å². The van der Waals surface area contributed by atoms with Crippen LogP contribution in [0.5, 0.6) is 5.75 Å². The molecule has 1 amide bonds. The standard InChI is InChI=1S/C20H18F2N2O4S2/c21-14-5-7-16(8-6-14)28-11-20-23-15(12-29-20)13-30(26,27)10-9-19(25)24-18-4-2-1-3-17(18)22/h1-8,12H,9-11,13H2,(H,24,25). The van der Waals surface area contributed by atoms with Crippen molar-refractivity contribution >= 4 is 32.8 Å². The normalized spacial score (nSPS) is 11.3. The molecule has 30 heavy (non-hydrogen) atoms. The van der Waals surface area contributed by atoms with E-state index in [2.05, 4.69) is 10.3 Å². The number of sulfone groups is 1. The van der Waals surface area contributed by atoms with Crippen molar-refractivity contribution in [1.82, 2.24) is 4.98 Å². The number of aromatic nitrogens is 1. The van der Waals surface area contributed by atoms with Gasteiger partial charge in [-0.05, 0) is 36.4 Å². The summed E-state index contributed by atoms with van der Waals surface area (Å²) in [4.78, 5) is 16.1. The Balaban J connectivity index is 1.48. The second-order valence-corrected chi connectivity index (χ2v) is 9.47. The van der Waals surface area contributed by atoms with Gasteiger partial charge in [-0.2, -0.15) is 0 Å². The molecule has 1 aromatic heterocycles. The SMILES string of the molecule is O=C(CCS(=O)(=O)Cc1csc(COc2ccc(F)cc2)n1)Nc1ccccc1F. The predicted octanol–water partition coefficient (Wildman–Crippen LogP) is 3.94. The molecular formula is C20H18F2N2O4S2. The van der Waals surface area contributed by atoms with Gasteiger partial charge in [-0.15, -0.1) is 11.3 Å². The third-order valence-electron chi connectivity index (χ3n) is 3.93. The van der Waals surface area contributed by atoms with Gasteiger partial charge in [0.25, 0.3) is 0 Å². The minimum absolute atomic E-state index is 0.00481. The largest absolute Gasteiger partial charge is 0.486 e. The van der Waals surface area contributed by atoms with Gasteiger partial charge in [0.2, 0.25) is 5.91 Å². The summed E-state index contributed by atoms with van der Waals surface area (Å²) >= 11 is 1.24. The molecule has 0 spiro atoms. The highest BCUT2D eigenvalue weighted by Gasteiger charge is 2.17. The molecule has 158 valence electrons. The fourth-order valence-corrected chi connectivity index (χ4v) is 4.53. The molecule has 0 bridgehead atoms. The van der Waals surface area contributed by atoms with Gasteiger partial charge in [0.1, 0.15) is 29.0 Å². The number of hydrogen-bond donors (Lipinski definition) is 1. The zero-order valence-corrected chi connectivity index (χ0v) is 17.3. The van der Waals surface area contributed by atoms with Crippen LogP contribution in [-0.2, 0) is 27.0 Å². The van der Waals surface area contributed by atoms with Gasteiger partial charge in [-0.25, -0.2) is 22.2 Å². The first-order valence-electron chi connectivity index (χ1n) is 8.87. The summed E-state index contributed by atoms with van der Waals surface area (Å²) in [6.07, 6.45) is -0.290. The summed E-state index contributed by atoms with van der Waals surface area (Å²) in [5.74, 6) is -1.77. The van der Waals surface area contributed by atoms with Crippen LogP contribution in [-0.4, -0.2) is 25.1 Å². The molecule has 0 unspecified atom stereocenters. The number of nitrogens with zero attached hydrogens (tertiary/aromatic N) is 1. The van der Waals surface area contributed by atoms with Crippen molar-refractivity contribution in [2.24, 2.45) is 0 Å². The molecule has 2 aromatic carbocycles. The van der Waals surface area contributed by atoms with E-state index >= 15 is 0 Å². The zero-order valence-electron chi connectivity index (χ0n) is 15.7. The van der Waals surface area contributed by atoms with Crippen LogP contribution in [0.2, 0.25) is 0 Å². The third kappa shape index (κ3) is 6.60. The fraction of sp³-hybridized carbons (Fsp3) is 0.200. The van der Waals surface area contributed by atoms with Crippen LogP contribution in [0.25, 0.3) is 0 Å². The molecule has 0 aliphatic heterocycles. The van der Waals surface area contributed by atoms with E-state index in [1.165, 1.54) is 53.8 Å². The highest BCUT2D eigenvalue weighted by molar-refractivity contribution is 7.90. The Labute approximate surface area is 176 Å². The van der Waals surface area contributed by atoms with Crippen molar-refractivity contribution in [2.75, 3.05) is 11.1 Å². The van der Waals surface area contributed by atoms with Gasteiger partial charge in [0, 0.05) is 11.8 Å². The van der Waals surface area contributed by atoms with Gasteiger partial charge in [-0.1, -0.05) is 12.1 Å². The summed E-state index contributed by atoms with van der Waals surface area (Å²) in [5.41, 5.74) is 0.359. The van der Waals surface area contributed by atoms with Crippen molar-refractivity contribution in [1.29, 1.82) is 0 Å². The molecule has 0 fully saturated rings. The van der Waals surface area contributed by atoms with Crippen LogP contribution < -0.4 is 10.1 Å². The lowest BCUT2D eigenvalue weighted by Gasteiger charge is -2.06. The number of halogens is 2. The summed E-state index contributed by atoms with van der Waals surface area (Å²) in [5, 5.41) is 4.54. The van der Waals surface area contributed by atoms with E-state index in [1.807, 2.05) is 0 Å². The van der Waals surface area contributed by atoms with E-state index in [4.69, 9.17) is 4.74 Å². The van der Waals surface area contributed by atoms with Crippen LogP contribution in [0.3, 0.4) is 0 Å². The second kappa shape index (κ2) is 9.77. The number of para-hydroxylation sites is 1. The van der Waals surface area contributed by atoms with Crippen molar-refractivity contribution in [2.45, 2.75) is 18.8 Å². The van der Waals surface area contributed by atoms with E-state index in [0.29, 0.717) is 16.5 Å². The molecule has 3 aromatic rings. The number of rotatable bonds is 9. The number of hydrogen-bond acceptors (Lipinski definition) is 6. The number of amides is 1. The molecule has 10 heteroatoms. The number of carbonyl (C=O) groups excluding carboxylic acids is 1. The summed E-state index contributed by atoms with van der Waals surface area (Å²) in [6, 6.07) is 11.2. The molecule has 0 aliphatic carbocycles. The lowest BCUT2D eigenvalue weighted by atomic mass is 10.3. The zero-order chi connectivity index (χ0) is 21.6. The maximum absolute atomic E-state index is 13.5. The Hall–Kier alpha value is -2.85. The van der Waals surface area contributed by atoms with E-state index in [1.54, 1.807) is 11.4 Å². The van der Waals surface area contributed by atoms with Crippen LogP contribution in [0.4, 0.5) is 14.5 Å². The van der Waals surface area contributed by atoms with Crippen LogP contribution in [0.15, 0.2) is 53.9 Å². The second-order valence-electron chi connectivity index (χ2n) is 6.35. The highest BCUT2D eigenvalue weighted by atomic mass is 32.2. The third-order valence-corrected chi connectivity index (χ3v) is 6.36. The smallest absolute Gasteiger partial charge is 0.225 e. The van der Waals surface area contributed by atoms with Crippen molar-refractivity contribution in [3.05, 3.63) is 76.2 Å². The Morgan fingerprint density at radius 3 is 2.57 bits per heavy atom. The van der Waals surface area contributed by atoms with E-state index in [0.717, 1.165) is 0 Å². The summed E-state index contributed by atoms with van der Waals surface area (Å²) < 4.78 is 56.5. The Kier molecular flexibility index (Phi) is 7.11. The topological polar surface area (TPSA) is 85.4 Å². The number of carbonyl (C=O) groups is 1. The molecule has 3 rings (SSSR count). The maximum atomic E-state index is 13.5. The summed E-state index contributed by atoms with van der Waals surface area (Å²) in [6.45, 7) is 0.126. The van der Waals surface area contributed by atoms with Crippen molar-refractivity contribution in [3.63, 3.8) is 0 Å².